The van der Waals surface area contributed by atoms with E-state index in [0.717, 1.165) is 24.3 Å². The number of ether oxygens (including phenoxy) is 1. The van der Waals surface area contributed by atoms with Crippen LogP contribution >= 0.6 is 0 Å². The molecule has 1 aromatic heterocycles. The van der Waals surface area contributed by atoms with Crippen molar-refractivity contribution in [3.63, 3.8) is 0 Å². The highest BCUT2D eigenvalue weighted by Crippen LogP contribution is 2.11. The number of aromatic nitrogens is 1. The van der Waals surface area contributed by atoms with E-state index in [1.165, 1.54) is 12.8 Å². The third kappa shape index (κ3) is 4.81. The predicted molar refractivity (Wildman–Crippen MR) is 65.2 cm³/mol. The average Bonchev–Trinajstić information content (AvgIpc) is 2.33. The van der Waals surface area contributed by atoms with Crippen LogP contribution in [-0.4, -0.2) is 18.1 Å². The summed E-state index contributed by atoms with van der Waals surface area (Å²) in [4.78, 5) is 4.07. The Morgan fingerprint density at radius 2 is 2.25 bits per heavy atom. The Morgan fingerprint density at radius 3 is 3.00 bits per heavy atom. The fraction of sp³-hybridized carbons (Fsp3) is 0.462. The van der Waals surface area contributed by atoms with Gasteiger partial charge in [-0.05, 0) is 12.5 Å². The highest BCUT2D eigenvalue weighted by atomic mass is 16.5. The normalized spacial score (nSPS) is 9.38. The standard InChI is InChI=1S/C13H18N2O/c1-2-3-4-8-16-13-9-12(6-5-7-14)10-15-11-13/h9-11H,2-4,7-8,14H2,1H3. The summed E-state index contributed by atoms with van der Waals surface area (Å²) in [5, 5.41) is 0. The summed E-state index contributed by atoms with van der Waals surface area (Å²) >= 11 is 0. The van der Waals surface area contributed by atoms with E-state index in [-0.39, 0.29) is 0 Å². The molecule has 0 aliphatic carbocycles. The van der Waals surface area contributed by atoms with Gasteiger partial charge in [0.2, 0.25) is 0 Å². The highest BCUT2D eigenvalue weighted by Gasteiger charge is 1.95. The van der Waals surface area contributed by atoms with Crippen molar-refractivity contribution in [2.75, 3.05) is 13.2 Å². The van der Waals surface area contributed by atoms with Gasteiger partial charge in [0.05, 0.1) is 19.3 Å². The summed E-state index contributed by atoms with van der Waals surface area (Å²) < 4.78 is 5.57. The molecule has 0 saturated carbocycles. The Morgan fingerprint density at radius 1 is 1.38 bits per heavy atom. The molecule has 0 amide bonds. The first-order valence-electron chi connectivity index (χ1n) is 5.63. The number of pyridine rings is 1. The van der Waals surface area contributed by atoms with E-state index in [1.807, 2.05) is 6.07 Å². The minimum atomic E-state index is 0.363. The Balaban J connectivity index is 2.47. The maximum Gasteiger partial charge on any atom is 0.138 e. The lowest BCUT2D eigenvalue weighted by Crippen LogP contribution is -1.98. The number of nitrogens with zero attached hydrogens (tertiary/aromatic N) is 1. The van der Waals surface area contributed by atoms with Crippen LogP contribution in [0.25, 0.3) is 0 Å². The number of unbranched alkanes of at least 4 members (excludes halogenated alkanes) is 2. The van der Waals surface area contributed by atoms with E-state index in [4.69, 9.17) is 10.5 Å². The summed E-state index contributed by atoms with van der Waals surface area (Å²) in [5.74, 6) is 6.50. The van der Waals surface area contributed by atoms with Crippen molar-refractivity contribution in [2.24, 2.45) is 5.73 Å². The average molecular weight is 218 g/mol. The molecule has 3 heteroatoms. The minimum Gasteiger partial charge on any atom is -0.492 e. The molecule has 0 radical (unpaired) electrons. The van der Waals surface area contributed by atoms with Gasteiger partial charge in [-0.3, -0.25) is 4.98 Å². The maximum atomic E-state index is 5.57. The smallest absolute Gasteiger partial charge is 0.138 e. The third-order valence-corrected chi connectivity index (χ3v) is 2.06. The SMILES string of the molecule is CCCCCOc1cncc(C#CCN)c1. The molecule has 0 atom stereocenters. The van der Waals surface area contributed by atoms with Gasteiger partial charge in [0.25, 0.3) is 0 Å². The molecule has 86 valence electrons. The highest BCUT2D eigenvalue weighted by molar-refractivity contribution is 5.36. The van der Waals surface area contributed by atoms with Crippen molar-refractivity contribution in [1.29, 1.82) is 0 Å². The number of rotatable bonds is 5. The first kappa shape index (κ1) is 12.5. The molecule has 0 bridgehead atoms. The monoisotopic (exact) mass is 218 g/mol. The first-order chi connectivity index (χ1) is 7.86. The Labute approximate surface area is 97.0 Å². The molecule has 3 nitrogen and oxygen atoms in total. The van der Waals surface area contributed by atoms with Crippen molar-refractivity contribution in [1.82, 2.24) is 4.98 Å². The first-order valence-corrected chi connectivity index (χ1v) is 5.63. The molecule has 0 aliphatic rings. The van der Waals surface area contributed by atoms with E-state index < -0.39 is 0 Å². The molecule has 0 saturated heterocycles. The van der Waals surface area contributed by atoms with Gasteiger partial charge < -0.3 is 10.5 Å². The molecule has 1 aromatic rings. The van der Waals surface area contributed by atoms with Gasteiger partial charge in [0, 0.05) is 11.8 Å². The van der Waals surface area contributed by atoms with Gasteiger partial charge in [-0.1, -0.05) is 31.6 Å². The zero-order valence-electron chi connectivity index (χ0n) is 9.70. The molecular weight excluding hydrogens is 200 g/mol. The van der Waals surface area contributed by atoms with Crippen molar-refractivity contribution >= 4 is 0 Å². The minimum absolute atomic E-state index is 0.363. The summed E-state index contributed by atoms with van der Waals surface area (Å²) in [6.07, 6.45) is 6.89. The van der Waals surface area contributed by atoms with E-state index in [0.29, 0.717) is 6.54 Å². The number of hydrogen-bond acceptors (Lipinski definition) is 3. The van der Waals surface area contributed by atoms with Crippen LogP contribution in [0.3, 0.4) is 0 Å². The maximum absolute atomic E-state index is 5.57. The second-order valence-electron chi connectivity index (χ2n) is 3.47. The molecular formula is C13H18N2O. The van der Waals surface area contributed by atoms with Crippen LogP contribution < -0.4 is 10.5 Å². The number of nitrogens with two attached hydrogens (primary N) is 1. The van der Waals surface area contributed by atoms with E-state index in [1.54, 1.807) is 12.4 Å². The predicted octanol–water partition coefficient (Wildman–Crippen LogP) is 1.96. The second kappa shape index (κ2) is 7.72. The largest absolute Gasteiger partial charge is 0.492 e. The fourth-order valence-corrected chi connectivity index (χ4v) is 1.26. The Hall–Kier alpha value is -1.53. The molecule has 16 heavy (non-hydrogen) atoms. The molecule has 1 rings (SSSR count). The summed E-state index contributed by atoms with van der Waals surface area (Å²) in [6, 6.07) is 1.89. The van der Waals surface area contributed by atoms with Gasteiger partial charge in [0.1, 0.15) is 5.75 Å². The van der Waals surface area contributed by atoms with Crippen molar-refractivity contribution in [3.8, 4) is 17.6 Å². The lowest BCUT2D eigenvalue weighted by atomic mass is 10.2. The molecule has 0 aromatic carbocycles. The van der Waals surface area contributed by atoms with Crippen LogP contribution in [0.15, 0.2) is 18.5 Å². The lowest BCUT2D eigenvalue weighted by molar-refractivity contribution is 0.305. The Bertz CT molecular complexity index is 366. The van der Waals surface area contributed by atoms with Crippen LogP contribution in [0.5, 0.6) is 5.75 Å². The zero-order valence-corrected chi connectivity index (χ0v) is 9.70. The molecule has 0 aliphatic heterocycles. The lowest BCUT2D eigenvalue weighted by Gasteiger charge is -2.04. The van der Waals surface area contributed by atoms with Gasteiger partial charge in [-0.15, -0.1) is 0 Å². The summed E-state index contributed by atoms with van der Waals surface area (Å²) in [6.45, 7) is 3.27. The van der Waals surface area contributed by atoms with Crippen molar-refractivity contribution in [2.45, 2.75) is 26.2 Å². The summed E-state index contributed by atoms with van der Waals surface area (Å²) in [5.41, 5.74) is 6.15. The van der Waals surface area contributed by atoms with Gasteiger partial charge in [0.15, 0.2) is 0 Å². The molecule has 0 fully saturated rings. The van der Waals surface area contributed by atoms with E-state index >= 15 is 0 Å². The zero-order chi connectivity index (χ0) is 11.6. The van der Waals surface area contributed by atoms with Crippen molar-refractivity contribution < 1.29 is 4.74 Å². The topological polar surface area (TPSA) is 48.1 Å². The van der Waals surface area contributed by atoms with Crippen LogP contribution in [0.4, 0.5) is 0 Å². The van der Waals surface area contributed by atoms with Crippen LogP contribution in [0, 0.1) is 11.8 Å². The Kier molecular flexibility index (Phi) is 6.05. The summed E-state index contributed by atoms with van der Waals surface area (Å²) in [7, 11) is 0. The molecule has 0 spiro atoms. The van der Waals surface area contributed by atoms with E-state index in [2.05, 4.69) is 23.7 Å². The number of hydrogen-bond donors (Lipinski definition) is 1. The molecule has 2 N–H and O–H groups in total. The van der Waals surface area contributed by atoms with Gasteiger partial charge >= 0.3 is 0 Å². The van der Waals surface area contributed by atoms with E-state index in [9.17, 15) is 0 Å². The molecule has 1 heterocycles. The van der Waals surface area contributed by atoms with Crippen LogP contribution in [-0.2, 0) is 0 Å². The van der Waals surface area contributed by atoms with Crippen molar-refractivity contribution in [3.05, 3.63) is 24.0 Å². The van der Waals surface area contributed by atoms with Crippen LogP contribution in [0.1, 0.15) is 31.7 Å². The molecule has 0 unspecified atom stereocenters. The fourth-order valence-electron chi connectivity index (χ4n) is 1.26. The van der Waals surface area contributed by atoms with Gasteiger partial charge in [-0.2, -0.15) is 0 Å². The second-order valence-corrected chi connectivity index (χ2v) is 3.47. The quantitative estimate of drug-likeness (QED) is 0.607. The third-order valence-electron chi connectivity index (χ3n) is 2.06. The van der Waals surface area contributed by atoms with Crippen LogP contribution in [0.2, 0.25) is 0 Å². The van der Waals surface area contributed by atoms with Gasteiger partial charge in [-0.25, -0.2) is 0 Å².